The van der Waals surface area contributed by atoms with E-state index in [1.807, 2.05) is 37.4 Å². The minimum atomic E-state index is -0.218. The summed E-state index contributed by atoms with van der Waals surface area (Å²) in [6.45, 7) is 4.95. The number of benzene rings is 1. The fourth-order valence-electron chi connectivity index (χ4n) is 4.53. The zero-order valence-corrected chi connectivity index (χ0v) is 23.0. The maximum Gasteiger partial charge on any atom is 0.257 e. The van der Waals surface area contributed by atoms with Crippen molar-refractivity contribution in [1.29, 1.82) is 0 Å². The lowest BCUT2D eigenvalue weighted by Gasteiger charge is -2.34. The maximum absolute atomic E-state index is 13.2. The summed E-state index contributed by atoms with van der Waals surface area (Å²) in [6, 6.07) is 9.48. The van der Waals surface area contributed by atoms with Gasteiger partial charge in [-0.3, -0.25) is 19.2 Å². The summed E-state index contributed by atoms with van der Waals surface area (Å²) in [5.74, 6) is 0.587. The van der Waals surface area contributed by atoms with Crippen LogP contribution in [0.4, 0.5) is 0 Å². The van der Waals surface area contributed by atoms with E-state index in [-0.39, 0.29) is 17.1 Å². The highest BCUT2D eigenvalue weighted by molar-refractivity contribution is 7.98. The molecule has 9 nitrogen and oxygen atoms in total. The number of ether oxygens (including phenoxy) is 1. The standard InChI is InChI=1S/C27H28ClN5O4S/c1-17-24-25(28)21(13-29-26(24)31(2)30-17)27(35)33-10-8-32(9-11-33)14-19-12-22(34)23(16-36-19)37-15-18-4-6-20(38-3)7-5-18/h4-7,12-13,16H,8-11,14-15H2,1-3H3. The molecule has 4 heterocycles. The minimum Gasteiger partial charge on any atom is -0.482 e. The van der Waals surface area contributed by atoms with E-state index in [0.29, 0.717) is 66.7 Å². The predicted molar refractivity (Wildman–Crippen MR) is 147 cm³/mol. The number of nitrogens with zero attached hydrogens (tertiary/aromatic N) is 5. The number of amides is 1. The van der Waals surface area contributed by atoms with Gasteiger partial charge in [0, 0.05) is 50.4 Å². The molecular formula is C27H28ClN5O4S. The third-order valence-corrected chi connectivity index (χ3v) is 7.77. The van der Waals surface area contributed by atoms with Gasteiger partial charge in [-0.05, 0) is 30.9 Å². The van der Waals surface area contributed by atoms with Gasteiger partial charge in [-0.1, -0.05) is 23.7 Å². The molecule has 0 bridgehead atoms. The number of halogens is 1. The molecule has 1 aliphatic rings. The summed E-state index contributed by atoms with van der Waals surface area (Å²) < 4.78 is 13.0. The number of hydrogen-bond acceptors (Lipinski definition) is 8. The average molecular weight is 554 g/mol. The molecule has 11 heteroatoms. The van der Waals surface area contributed by atoms with Crippen molar-refractivity contribution in [2.24, 2.45) is 7.05 Å². The Labute approximate surface area is 229 Å². The Kier molecular flexibility index (Phi) is 7.73. The van der Waals surface area contributed by atoms with Gasteiger partial charge in [0.2, 0.25) is 11.2 Å². The van der Waals surface area contributed by atoms with Crippen molar-refractivity contribution in [3.8, 4) is 5.75 Å². The molecule has 5 rings (SSSR count). The largest absolute Gasteiger partial charge is 0.482 e. The third-order valence-electron chi connectivity index (χ3n) is 6.64. The Morgan fingerprint density at radius 3 is 2.61 bits per heavy atom. The van der Waals surface area contributed by atoms with E-state index in [1.165, 1.54) is 23.4 Å². The second kappa shape index (κ2) is 11.2. The van der Waals surface area contributed by atoms with Crippen molar-refractivity contribution in [3.63, 3.8) is 0 Å². The zero-order valence-electron chi connectivity index (χ0n) is 21.4. The van der Waals surface area contributed by atoms with Gasteiger partial charge in [-0.2, -0.15) is 5.10 Å². The van der Waals surface area contributed by atoms with E-state index in [4.69, 9.17) is 20.8 Å². The molecule has 38 heavy (non-hydrogen) atoms. The van der Waals surface area contributed by atoms with Crippen molar-refractivity contribution in [1.82, 2.24) is 24.6 Å². The van der Waals surface area contributed by atoms with Crippen LogP contribution in [-0.4, -0.2) is 62.9 Å². The van der Waals surface area contributed by atoms with E-state index in [9.17, 15) is 9.59 Å². The van der Waals surface area contributed by atoms with Crippen molar-refractivity contribution in [3.05, 3.63) is 80.6 Å². The van der Waals surface area contributed by atoms with Crippen LogP contribution >= 0.6 is 23.4 Å². The van der Waals surface area contributed by atoms with Gasteiger partial charge in [0.15, 0.2) is 5.65 Å². The van der Waals surface area contributed by atoms with Crippen LogP contribution in [0.2, 0.25) is 5.02 Å². The highest BCUT2D eigenvalue weighted by atomic mass is 35.5. The molecule has 198 valence electrons. The number of hydrogen-bond donors (Lipinski definition) is 0. The number of carbonyl (C=O) groups is 1. The average Bonchev–Trinajstić information content (AvgIpc) is 3.22. The Hall–Kier alpha value is -3.34. The van der Waals surface area contributed by atoms with E-state index in [0.717, 1.165) is 11.3 Å². The quantitative estimate of drug-likeness (QED) is 0.315. The molecule has 0 unspecified atom stereocenters. The first-order valence-corrected chi connectivity index (χ1v) is 13.8. The fourth-order valence-corrected chi connectivity index (χ4v) is 5.29. The molecule has 0 saturated carbocycles. The lowest BCUT2D eigenvalue weighted by atomic mass is 10.1. The third kappa shape index (κ3) is 5.43. The number of aryl methyl sites for hydroxylation is 2. The van der Waals surface area contributed by atoms with Gasteiger partial charge < -0.3 is 14.1 Å². The highest BCUT2D eigenvalue weighted by Gasteiger charge is 2.26. The molecule has 1 fully saturated rings. The second-order valence-electron chi connectivity index (χ2n) is 9.17. The van der Waals surface area contributed by atoms with Crippen molar-refractivity contribution >= 4 is 40.3 Å². The summed E-state index contributed by atoms with van der Waals surface area (Å²) in [5, 5.41) is 5.44. The summed E-state index contributed by atoms with van der Waals surface area (Å²) in [6.07, 6.45) is 4.92. The number of piperazine rings is 1. The first-order chi connectivity index (χ1) is 18.3. The van der Waals surface area contributed by atoms with Crippen LogP contribution in [0.1, 0.15) is 27.4 Å². The van der Waals surface area contributed by atoms with E-state index < -0.39 is 0 Å². The van der Waals surface area contributed by atoms with Crippen molar-refractivity contribution in [2.45, 2.75) is 25.0 Å². The number of pyridine rings is 1. The lowest BCUT2D eigenvalue weighted by Crippen LogP contribution is -2.48. The molecule has 4 aromatic rings. The van der Waals surface area contributed by atoms with Crippen LogP contribution in [0, 0.1) is 6.92 Å². The van der Waals surface area contributed by atoms with Crippen LogP contribution < -0.4 is 10.2 Å². The summed E-state index contributed by atoms with van der Waals surface area (Å²) in [5.41, 5.74) is 2.53. The van der Waals surface area contributed by atoms with Gasteiger partial charge in [0.1, 0.15) is 18.6 Å². The Balaban J connectivity index is 1.17. The molecular weight excluding hydrogens is 526 g/mol. The van der Waals surface area contributed by atoms with Crippen molar-refractivity contribution in [2.75, 3.05) is 32.4 Å². The number of carbonyl (C=O) groups excluding carboxylic acids is 1. The topological polar surface area (TPSA) is 93.7 Å². The molecule has 0 radical (unpaired) electrons. The summed E-state index contributed by atoms with van der Waals surface area (Å²) >= 11 is 8.28. The molecule has 0 atom stereocenters. The Bertz CT molecular complexity index is 1530. The van der Waals surface area contributed by atoms with Crippen LogP contribution in [0.15, 0.2) is 56.9 Å². The molecule has 0 N–H and O–H groups in total. The number of aromatic nitrogens is 3. The normalized spacial score (nSPS) is 14.3. The van der Waals surface area contributed by atoms with E-state index in [2.05, 4.69) is 15.0 Å². The Morgan fingerprint density at radius 2 is 1.92 bits per heavy atom. The first-order valence-electron chi connectivity index (χ1n) is 12.2. The SMILES string of the molecule is CSc1ccc(COc2coc(CN3CCN(C(=O)c4cnc5c(c(C)nn5C)c4Cl)CC3)cc2=O)cc1. The molecule has 0 aliphatic carbocycles. The predicted octanol–water partition coefficient (Wildman–Crippen LogP) is 4.14. The lowest BCUT2D eigenvalue weighted by molar-refractivity contribution is 0.0619. The first kappa shape index (κ1) is 26.3. The van der Waals surface area contributed by atoms with Gasteiger partial charge in [-0.15, -0.1) is 11.8 Å². The molecule has 1 saturated heterocycles. The molecule has 3 aromatic heterocycles. The van der Waals surface area contributed by atoms with Crippen LogP contribution in [-0.2, 0) is 20.2 Å². The highest BCUT2D eigenvalue weighted by Crippen LogP contribution is 2.29. The smallest absolute Gasteiger partial charge is 0.257 e. The van der Waals surface area contributed by atoms with Gasteiger partial charge in [0.25, 0.3) is 5.91 Å². The number of thioether (sulfide) groups is 1. The van der Waals surface area contributed by atoms with Crippen molar-refractivity contribution < 1.29 is 13.9 Å². The molecule has 1 aromatic carbocycles. The zero-order chi connectivity index (χ0) is 26.8. The summed E-state index contributed by atoms with van der Waals surface area (Å²) in [4.78, 5) is 35.3. The second-order valence-corrected chi connectivity index (χ2v) is 10.4. The molecule has 1 aliphatic heterocycles. The molecule has 0 spiro atoms. The van der Waals surface area contributed by atoms with Gasteiger partial charge >= 0.3 is 0 Å². The van der Waals surface area contributed by atoms with Crippen LogP contribution in [0.5, 0.6) is 5.75 Å². The van der Waals surface area contributed by atoms with E-state index >= 15 is 0 Å². The van der Waals surface area contributed by atoms with Crippen LogP contribution in [0.3, 0.4) is 0 Å². The van der Waals surface area contributed by atoms with Gasteiger partial charge in [-0.25, -0.2) is 4.98 Å². The maximum atomic E-state index is 13.2. The van der Waals surface area contributed by atoms with Gasteiger partial charge in [0.05, 0.1) is 28.2 Å². The minimum absolute atomic E-state index is 0.150. The summed E-state index contributed by atoms with van der Waals surface area (Å²) in [7, 11) is 1.80. The fraction of sp³-hybridized carbons (Fsp3) is 0.333. The molecule has 1 amide bonds. The monoisotopic (exact) mass is 553 g/mol. The Morgan fingerprint density at radius 1 is 1.18 bits per heavy atom. The number of rotatable bonds is 7. The van der Waals surface area contributed by atoms with E-state index in [1.54, 1.807) is 28.4 Å². The number of fused-ring (bicyclic) bond motifs is 1. The van der Waals surface area contributed by atoms with Crippen LogP contribution in [0.25, 0.3) is 11.0 Å².